The van der Waals surface area contributed by atoms with E-state index in [9.17, 15) is 8.42 Å². The first-order chi connectivity index (χ1) is 8.01. The summed E-state index contributed by atoms with van der Waals surface area (Å²) in [7, 11) is 3.15. The second-order valence-corrected chi connectivity index (χ2v) is 6.38. The van der Waals surface area contributed by atoms with Gasteiger partial charge in [-0.3, -0.25) is 0 Å². The molecule has 7 heteroatoms. The van der Waals surface area contributed by atoms with Crippen LogP contribution < -0.4 is 14.2 Å². The number of ether oxygens (including phenoxy) is 3. The fraction of sp³-hybridized carbons (Fsp3) is 0.400. The largest absolute Gasteiger partial charge is 0.492 e. The van der Waals surface area contributed by atoms with Crippen LogP contribution >= 0.6 is 10.7 Å². The Hall–Kier alpha value is -1.14. The van der Waals surface area contributed by atoms with Gasteiger partial charge < -0.3 is 14.2 Å². The molecule has 1 heterocycles. The van der Waals surface area contributed by atoms with Gasteiger partial charge in [0.1, 0.15) is 0 Å². The number of hydrogen-bond donors (Lipinski definition) is 0. The maximum absolute atomic E-state index is 10.9. The van der Waals surface area contributed by atoms with Crippen LogP contribution in [-0.2, 0) is 15.5 Å². The minimum absolute atomic E-state index is 0.142. The average Bonchev–Trinajstić information content (AvgIpc) is 2.72. The van der Waals surface area contributed by atoms with Gasteiger partial charge in [0, 0.05) is 10.7 Å². The molecule has 17 heavy (non-hydrogen) atoms. The van der Waals surface area contributed by atoms with Gasteiger partial charge in [0.15, 0.2) is 11.5 Å². The van der Waals surface area contributed by atoms with Crippen molar-refractivity contribution in [3.8, 4) is 17.2 Å². The lowest BCUT2D eigenvalue weighted by atomic mass is 10.1. The Kier molecular flexibility index (Phi) is 3.35. The summed E-state index contributed by atoms with van der Waals surface area (Å²) in [5, 5.41) is 0. The highest BCUT2D eigenvalue weighted by atomic mass is 35.7. The first-order valence-corrected chi connectivity index (χ1v) is 7.37. The molecule has 1 aromatic rings. The number of hydrogen-bond acceptors (Lipinski definition) is 5. The van der Waals surface area contributed by atoms with Crippen LogP contribution in [0.25, 0.3) is 0 Å². The zero-order chi connectivity index (χ0) is 12.5. The molecule has 0 spiro atoms. The Labute approximate surface area is 104 Å². The molecule has 1 aliphatic heterocycles. The van der Waals surface area contributed by atoms with Crippen molar-refractivity contribution in [1.29, 1.82) is 0 Å². The van der Waals surface area contributed by atoms with Crippen LogP contribution in [0.5, 0.6) is 17.2 Å². The maximum Gasteiger partial charge on any atom is 0.232 e. The summed E-state index contributed by atoms with van der Waals surface area (Å²) in [4.78, 5) is 0. The molecule has 0 amide bonds. The molecule has 0 fully saturated rings. The molecule has 0 aromatic heterocycles. The van der Waals surface area contributed by atoms with E-state index in [2.05, 4.69) is 0 Å². The van der Waals surface area contributed by atoms with Crippen molar-refractivity contribution in [2.45, 2.75) is 6.42 Å². The zero-order valence-electron chi connectivity index (χ0n) is 9.10. The Bertz CT molecular complexity index is 526. The summed E-state index contributed by atoms with van der Waals surface area (Å²) >= 11 is 0. The minimum atomic E-state index is -3.52. The van der Waals surface area contributed by atoms with Crippen molar-refractivity contribution in [2.75, 3.05) is 19.7 Å². The van der Waals surface area contributed by atoms with Gasteiger partial charge >= 0.3 is 0 Å². The third-order valence-electron chi connectivity index (χ3n) is 2.39. The van der Waals surface area contributed by atoms with E-state index in [4.69, 9.17) is 24.9 Å². The van der Waals surface area contributed by atoms with Crippen LogP contribution in [0.4, 0.5) is 0 Å². The van der Waals surface area contributed by atoms with Crippen molar-refractivity contribution in [3.63, 3.8) is 0 Å². The van der Waals surface area contributed by atoms with Crippen molar-refractivity contribution in [1.82, 2.24) is 0 Å². The van der Waals surface area contributed by atoms with E-state index in [0.29, 0.717) is 17.2 Å². The molecule has 94 valence electrons. The van der Waals surface area contributed by atoms with E-state index in [-0.39, 0.29) is 19.0 Å². The molecule has 0 bridgehead atoms. The van der Waals surface area contributed by atoms with Crippen LogP contribution in [0.1, 0.15) is 5.56 Å². The summed E-state index contributed by atoms with van der Waals surface area (Å²) in [6.07, 6.45) is 0.269. The van der Waals surface area contributed by atoms with E-state index < -0.39 is 9.05 Å². The van der Waals surface area contributed by atoms with Gasteiger partial charge in [-0.25, -0.2) is 8.42 Å². The molecule has 0 unspecified atom stereocenters. The first kappa shape index (κ1) is 12.3. The second kappa shape index (κ2) is 4.62. The van der Waals surface area contributed by atoms with E-state index in [1.165, 1.54) is 7.11 Å². The van der Waals surface area contributed by atoms with Crippen molar-refractivity contribution >= 4 is 19.7 Å². The highest BCUT2D eigenvalue weighted by Gasteiger charge is 2.22. The molecule has 0 N–H and O–H groups in total. The second-order valence-electron chi connectivity index (χ2n) is 3.48. The van der Waals surface area contributed by atoms with E-state index in [1.807, 2.05) is 0 Å². The summed E-state index contributed by atoms with van der Waals surface area (Å²) in [5.41, 5.74) is 0.723. The Morgan fingerprint density at radius 1 is 1.41 bits per heavy atom. The molecular weight excluding hydrogens is 268 g/mol. The summed E-state index contributed by atoms with van der Waals surface area (Å²) in [6, 6.07) is 3.47. The summed E-state index contributed by atoms with van der Waals surface area (Å²) in [6.45, 7) is 0.142. The Morgan fingerprint density at radius 2 is 2.18 bits per heavy atom. The predicted octanol–water partition coefficient (Wildman–Crippen LogP) is 1.53. The van der Waals surface area contributed by atoms with Gasteiger partial charge in [0.2, 0.25) is 21.6 Å². The SMILES string of the molecule is COc1c(CCS(=O)(=O)Cl)ccc2c1OCO2. The van der Waals surface area contributed by atoms with Gasteiger partial charge in [-0.05, 0) is 18.1 Å². The molecule has 0 saturated heterocycles. The lowest BCUT2D eigenvalue weighted by molar-refractivity contribution is 0.171. The lowest BCUT2D eigenvalue weighted by Gasteiger charge is -2.10. The molecular formula is C10H11ClO5S. The predicted molar refractivity (Wildman–Crippen MR) is 62.5 cm³/mol. The van der Waals surface area contributed by atoms with Crippen molar-refractivity contribution < 1.29 is 22.6 Å². The molecule has 0 radical (unpaired) electrons. The minimum Gasteiger partial charge on any atom is -0.492 e. The third kappa shape index (κ3) is 2.76. The quantitative estimate of drug-likeness (QED) is 0.782. The highest BCUT2D eigenvalue weighted by Crippen LogP contribution is 2.43. The summed E-state index contributed by atoms with van der Waals surface area (Å²) in [5.74, 6) is 1.46. The van der Waals surface area contributed by atoms with Crippen LogP contribution in [0, 0.1) is 0 Å². The van der Waals surface area contributed by atoms with Gasteiger partial charge in [-0.1, -0.05) is 6.07 Å². The molecule has 0 aliphatic carbocycles. The number of fused-ring (bicyclic) bond motifs is 1. The lowest BCUT2D eigenvalue weighted by Crippen LogP contribution is -2.03. The number of halogens is 1. The molecule has 0 saturated carbocycles. The van der Waals surface area contributed by atoms with E-state index >= 15 is 0 Å². The average molecular weight is 279 g/mol. The molecule has 1 aromatic carbocycles. The van der Waals surface area contributed by atoms with Crippen LogP contribution in [0.3, 0.4) is 0 Å². The molecule has 1 aliphatic rings. The topological polar surface area (TPSA) is 61.8 Å². The van der Waals surface area contributed by atoms with Gasteiger partial charge in [-0.2, -0.15) is 0 Å². The molecule has 2 rings (SSSR count). The number of benzene rings is 1. The molecule has 0 atom stereocenters. The van der Waals surface area contributed by atoms with Crippen LogP contribution in [-0.4, -0.2) is 28.1 Å². The Balaban J connectivity index is 2.29. The monoisotopic (exact) mass is 278 g/mol. The van der Waals surface area contributed by atoms with E-state index in [1.54, 1.807) is 12.1 Å². The van der Waals surface area contributed by atoms with Crippen molar-refractivity contribution in [2.24, 2.45) is 0 Å². The smallest absolute Gasteiger partial charge is 0.232 e. The summed E-state index contributed by atoms with van der Waals surface area (Å²) < 4.78 is 37.5. The van der Waals surface area contributed by atoms with Crippen LogP contribution in [0.2, 0.25) is 0 Å². The van der Waals surface area contributed by atoms with Gasteiger partial charge in [0.25, 0.3) is 0 Å². The fourth-order valence-electron chi connectivity index (χ4n) is 1.64. The highest BCUT2D eigenvalue weighted by molar-refractivity contribution is 8.13. The standard InChI is InChI=1S/C10H11ClO5S/c1-14-9-7(4-5-17(11,12)13)2-3-8-10(9)16-6-15-8/h2-3H,4-6H2,1H3. The fourth-order valence-corrected chi connectivity index (χ4v) is 2.34. The first-order valence-electron chi connectivity index (χ1n) is 4.89. The zero-order valence-corrected chi connectivity index (χ0v) is 10.7. The number of methoxy groups -OCH3 is 1. The van der Waals surface area contributed by atoms with Gasteiger partial charge in [0.05, 0.1) is 12.9 Å². The van der Waals surface area contributed by atoms with E-state index in [0.717, 1.165) is 5.56 Å². The number of aryl methyl sites for hydroxylation is 1. The maximum atomic E-state index is 10.9. The van der Waals surface area contributed by atoms with Gasteiger partial charge in [-0.15, -0.1) is 0 Å². The Morgan fingerprint density at radius 3 is 2.82 bits per heavy atom. The third-order valence-corrected chi connectivity index (χ3v) is 3.55. The normalized spacial score (nSPS) is 13.8. The molecule has 5 nitrogen and oxygen atoms in total. The van der Waals surface area contributed by atoms with Crippen molar-refractivity contribution in [3.05, 3.63) is 17.7 Å². The number of rotatable bonds is 4. The van der Waals surface area contributed by atoms with Crippen LogP contribution in [0.15, 0.2) is 12.1 Å².